The summed E-state index contributed by atoms with van der Waals surface area (Å²) in [6, 6.07) is 0. The van der Waals surface area contributed by atoms with Crippen LogP contribution in [0.1, 0.15) is 31.2 Å². The Morgan fingerprint density at radius 3 is 3.00 bits per heavy atom. The van der Waals surface area contributed by atoms with Crippen LogP contribution in [0.15, 0.2) is 0 Å². The molecule has 72 valence electrons. The number of rotatable bonds is 1. The molecular formula is C8H13N3OS. The molecule has 4 nitrogen and oxygen atoms in total. The topological polar surface area (TPSA) is 42.8 Å². The third kappa shape index (κ3) is 1.66. The van der Waals surface area contributed by atoms with E-state index in [-0.39, 0.29) is 6.10 Å². The highest BCUT2D eigenvalue weighted by Crippen LogP contribution is 2.25. The molecule has 1 saturated heterocycles. The molecule has 1 aromatic heterocycles. The first-order chi connectivity index (χ1) is 6.29. The maximum Gasteiger partial charge on any atom is 0.194 e. The van der Waals surface area contributed by atoms with Gasteiger partial charge in [-0.3, -0.25) is 5.10 Å². The van der Waals surface area contributed by atoms with E-state index in [2.05, 4.69) is 10.2 Å². The van der Waals surface area contributed by atoms with Crippen molar-refractivity contribution in [2.75, 3.05) is 6.61 Å². The molecule has 5 heteroatoms. The molecule has 13 heavy (non-hydrogen) atoms. The molecule has 1 aromatic rings. The Labute approximate surface area is 81.9 Å². The normalized spacial score (nSPS) is 23.3. The lowest BCUT2D eigenvalue weighted by Gasteiger charge is -2.21. The van der Waals surface area contributed by atoms with E-state index in [1.165, 1.54) is 6.42 Å². The summed E-state index contributed by atoms with van der Waals surface area (Å²) in [5.74, 6) is 0.921. The van der Waals surface area contributed by atoms with Gasteiger partial charge in [-0.1, -0.05) is 0 Å². The number of nitrogens with one attached hydrogen (secondary N) is 1. The fraction of sp³-hybridized carbons (Fsp3) is 0.750. The molecule has 0 spiro atoms. The van der Waals surface area contributed by atoms with E-state index in [4.69, 9.17) is 17.0 Å². The number of aromatic amines is 1. The van der Waals surface area contributed by atoms with Gasteiger partial charge in [0.2, 0.25) is 0 Å². The number of hydrogen-bond donors (Lipinski definition) is 1. The van der Waals surface area contributed by atoms with Crippen LogP contribution >= 0.6 is 12.2 Å². The molecule has 1 aliphatic heterocycles. The summed E-state index contributed by atoms with van der Waals surface area (Å²) in [6.07, 6.45) is 3.55. The first kappa shape index (κ1) is 8.90. The summed E-state index contributed by atoms with van der Waals surface area (Å²) in [5, 5.41) is 6.93. The van der Waals surface area contributed by atoms with Gasteiger partial charge in [-0.15, -0.1) is 0 Å². The summed E-state index contributed by atoms with van der Waals surface area (Å²) >= 11 is 5.03. The van der Waals surface area contributed by atoms with E-state index in [9.17, 15) is 0 Å². The molecule has 0 aromatic carbocycles. The average molecular weight is 199 g/mol. The Kier molecular flexibility index (Phi) is 2.46. The fourth-order valence-corrected chi connectivity index (χ4v) is 1.73. The Morgan fingerprint density at radius 1 is 1.62 bits per heavy atom. The molecule has 0 radical (unpaired) electrons. The van der Waals surface area contributed by atoms with Crippen molar-refractivity contribution in [2.45, 2.75) is 25.4 Å². The summed E-state index contributed by atoms with van der Waals surface area (Å²) in [7, 11) is 1.92. The van der Waals surface area contributed by atoms with Gasteiger partial charge in [0.1, 0.15) is 6.10 Å². The molecule has 0 saturated carbocycles. The van der Waals surface area contributed by atoms with E-state index in [1.54, 1.807) is 0 Å². The third-order valence-corrected chi connectivity index (χ3v) is 2.75. The maximum atomic E-state index is 5.61. The van der Waals surface area contributed by atoms with Gasteiger partial charge in [-0.05, 0) is 31.5 Å². The second kappa shape index (κ2) is 3.59. The van der Waals surface area contributed by atoms with Crippen LogP contribution in [0.25, 0.3) is 0 Å². The van der Waals surface area contributed by atoms with Gasteiger partial charge in [0, 0.05) is 13.7 Å². The van der Waals surface area contributed by atoms with Crippen molar-refractivity contribution in [3.05, 3.63) is 10.6 Å². The molecule has 1 N–H and O–H groups in total. The minimum atomic E-state index is 0.131. The Morgan fingerprint density at radius 2 is 2.46 bits per heavy atom. The van der Waals surface area contributed by atoms with Crippen molar-refractivity contribution in [2.24, 2.45) is 7.05 Å². The highest BCUT2D eigenvalue weighted by molar-refractivity contribution is 7.71. The number of ether oxygens (including phenoxy) is 1. The van der Waals surface area contributed by atoms with Crippen LogP contribution < -0.4 is 0 Å². The van der Waals surface area contributed by atoms with Gasteiger partial charge < -0.3 is 9.30 Å². The smallest absolute Gasteiger partial charge is 0.194 e. The SMILES string of the molecule is Cn1c(C2CCCCO2)n[nH]c1=S. The highest BCUT2D eigenvalue weighted by Gasteiger charge is 2.20. The summed E-state index contributed by atoms with van der Waals surface area (Å²) < 4.78 is 8.15. The van der Waals surface area contributed by atoms with Gasteiger partial charge >= 0.3 is 0 Å². The first-order valence-corrected chi connectivity index (χ1v) is 4.93. The van der Waals surface area contributed by atoms with Crippen LogP contribution in [0.5, 0.6) is 0 Å². The molecule has 2 heterocycles. The van der Waals surface area contributed by atoms with Crippen molar-refractivity contribution >= 4 is 12.2 Å². The van der Waals surface area contributed by atoms with Crippen molar-refractivity contribution in [1.82, 2.24) is 14.8 Å². The van der Waals surface area contributed by atoms with Gasteiger partial charge in [0.25, 0.3) is 0 Å². The van der Waals surface area contributed by atoms with Crippen molar-refractivity contribution in [3.63, 3.8) is 0 Å². The predicted molar refractivity (Wildman–Crippen MR) is 50.9 cm³/mol. The van der Waals surface area contributed by atoms with Crippen LogP contribution in [0.2, 0.25) is 0 Å². The number of nitrogens with zero attached hydrogens (tertiary/aromatic N) is 2. The average Bonchev–Trinajstić information content (AvgIpc) is 2.49. The Hall–Kier alpha value is -0.680. The first-order valence-electron chi connectivity index (χ1n) is 4.52. The summed E-state index contributed by atoms with van der Waals surface area (Å²) in [4.78, 5) is 0. The highest BCUT2D eigenvalue weighted by atomic mass is 32.1. The van der Waals surface area contributed by atoms with Crippen LogP contribution in [0.3, 0.4) is 0 Å². The quantitative estimate of drug-likeness (QED) is 0.700. The van der Waals surface area contributed by atoms with Gasteiger partial charge in [-0.25, -0.2) is 0 Å². The second-order valence-corrected chi connectivity index (χ2v) is 3.69. The van der Waals surface area contributed by atoms with E-state index in [0.717, 1.165) is 25.3 Å². The molecule has 0 aliphatic carbocycles. The number of hydrogen-bond acceptors (Lipinski definition) is 3. The van der Waals surface area contributed by atoms with E-state index in [1.807, 2.05) is 11.6 Å². The molecule has 0 bridgehead atoms. The Bertz CT molecular complexity index is 337. The minimum absolute atomic E-state index is 0.131. The molecule has 0 amide bonds. The molecule has 1 fully saturated rings. The maximum absolute atomic E-state index is 5.61. The molecule has 1 unspecified atom stereocenters. The monoisotopic (exact) mass is 199 g/mol. The second-order valence-electron chi connectivity index (χ2n) is 3.30. The molecule has 2 rings (SSSR count). The lowest BCUT2D eigenvalue weighted by atomic mass is 10.1. The largest absolute Gasteiger partial charge is 0.370 e. The fourth-order valence-electron chi connectivity index (χ4n) is 1.59. The lowest BCUT2D eigenvalue weighted by Crippen LogP contribution is -2.15. The zero-order valence-corrected chi connectivity index (χ0v) is 8.43. The predicted octanol–water partition coefficient (Wildman–Crippen LogP) is 1.72. The zero-order valence-electron chi connectivity index (χ0n) is 7.62. The number of H-pyrrole nitrogens is 1. The van der Waals surface area contributed by atoms with Crippen LogP contribution in [-0.4, -0.2) is 21.4 Å². The zero-order chi connectivity index (χ0) is 9.26. The standard InChI is InChI=1S/C8H13N3OS/c1-11-7(9-10-8(11)13)6-4-2-3-5-12-6/h6H,2-5H2,1H3,(H,10,13). The Balaban J connectivity index is 2.23. The van der Waals surface area contributed by atoms with E-state index >= 15 is 0 Å². The summed E-state index contributed by atoms with van der Waals surface area (Å²) in [5.41, 5.74) is 0. The van der Waals surface area contributed by atoms with Crippen LogP contribution in [0, 0.1) is 4.77 Å². The van der Waals surface area contributed by atoms with E-state index in [0.29, 0.717) is 4.77 Å². The van der Waals surface area contributed by atoms with E-state index < -0.39 is 0 Å². The van der Waals surface area contributed by atoms with Gasteiger partial charge in [0.15, 0.2) is 10.6 Å². The van der Waals surface area contributed by atoms with Crippen LogP contribution in [-0.2, 0) is 11.8 Å². The third-order valence-electron chi connectivity index (χ3n) is 2.38. The molecule has 1 aliphatic rings. The molecular weight excluding hydrogens is 186 g/mol. The summed E-state index contributed by atoms with van der Waals surface area (Å²) in [6.45, 7) is 0.838. The van der Waals surface area contributed by atoms with Gasteiger partial charge in [0.05, 0.1) is 0 Å². The molecule has 1 atom stereocenters. The van der Waals surface area contributed by atoms with Crippen molar-refractivity contribution in [1.29, 1.82) is 0 Å². The van der Waals surface area contributed by atoms with Crippen LogP contribution in [0.4, 0.5) is 0 Å². The minimum Gasteiger partial charge on any atom is -0.370 e. The van der Waals surface area contributed by atoms with Gasteiger partial charge in [-0.2, -0.15) is 5.10 Å². The van der Waals surface area contributed by atoms with Crippen molar-refractivity contribution in [3.8, 4) is 0 Å². The lowest BCUT2D eigenvalue weighted by molar-refractivity contribution is 0.00762. The number of aromatic nitrogens is 3. The van der Waals surface area contributed by atoms with Crippen molar-refractivity contribution < 1.29 is 4.74 Å².